The SMILES string of the molecule is CC(C(=O)Oc1cccc(N2CCNC2=O)c1)[N+]1(c2cccc(CCO)c2)CCNC1=O. The Labute approximate surface area is 186 Å². The van der Waals surface area contributed by atoms with Crippen molar-refractivity contribution in [1.82, 2.24) is 15.1 Å². The molecule has 0 spiro atoms. The van der Waals surface area contributed by atoms with Crippen molar-refractivity contribution in [1.29, 1.82) is 0 Å². The predicted octanol–water partition coefficient (Wildman–Crippen LogP) is 1.78. The molecule has 9 heteroatoms. The molecule has 2 aliphatic rings. The molecule has 2 atom stereocenters. The topological polar surface area (TPSA) is 108 Å². The molecule has 4 rings (SSSR count). The van der Waals surface area contributed by atoms with Gasteiger partial charge in [0.05, 0.1) is 6.54 Å². The molecule has 0 saturated carbocycles. The number of quaternary nitrogens is 1. The van der Waals surface area contributed by atoms with Crippen LogP contribution in [0.2, 0.25) is 0 Å². The lowest BCUT2D eigenvalue weighted by Crippen LogP contribution is -2.61. The summed E-state index contributed by atoms with van der Waals surface area (Å²) in [5.74, 6) is -0.233. The Balaban J connectivity index is 1.59. The van der Waals surface area contributed by atoms with E-state index in [1.807, 2.05) is 24.3 Å². The van der Waals surface area contributed by atoms with Crippen LogP contribution in [-0.4, -0.2) is 62.0 Å². The molecular weight excluding hydrogens is 412 g/mol. The predicted molar refractivity (Wildman–Crippen MR) is 120 cm³/mol. The summed E-state index contributed by atoms with van der Waals surface area (Å²) in [6, 6.07) is 12.9. The number of esters is 1. The van der Waals surface area contributed by atoms with Crippen LogP contribution in [0.25, 0.3) is 0 Å². The van der Waals surface area contributed by atoms with Gasteiger partial charge in [-0.1, -0.05) is 18.2 Å². The molecule has 2 saturated heterocycles. The Hall–Kier alpha value is -3.43. The first kappa shape index (κ1) is 21.8. The largest absolute Gasteiger partial charge is 0.422 e. The second kappa shape index (κ2) is 8.97. The molecule has 2 unspecified atom stereocenters. The van der Waals surface area contributed by atoms with E-state index in [-0.39, 0.29) is 23.2 Å². The number of ether oxygens (including phenoxy) is 1. The third kappa shape index (κ3) is 3.92. The highest BCUT2D eigenvalue weighted by Gasteiger charge is 2.52. The van der Waals surface area contributed by atoms with Gasteiger partial charge in [-0.2, -0.15) is 4.48 Å². The van der Waals surface area contributed by atoms with Crippen molar-refractivity contribution >= 4 is 29.4 Å². The third-order valence-corrected chi connectivity index (χ3v) is 6.08. The van der Waals surface area contributed by atoms with Gasteiger partial charge in [-0.15, -0.1) is 0 Å². The van der Waals surface area contributed by atoms with Gasteiger partial charge in [0.1, 0.15) is 18.0 Å². The number of carbonyl (C=O) groups is 3. The van der Waals surface area contributed by atoms with E-state index in [1.54, 1.807) is 36.1 Å². The second-order valence-corrected chi connectivity index (χ2v) is 7.95. The molecule has 168 valence electrons. The zero-order valence-electron chi connectivity index (χ0n) is 17.9. The van der Waals surface area contributed by atoms with E-state index in [2.05, 4.69) is 10.6 Å². The van der Waals surface area contributed by atoms with Crippen molar-refractivity contribution in [2.75, 3.05) is 37.7 Å². The molecule has 32 heavy (non-hydrogen) atoms. The zero-order valence-corrected chi connectivity index (χ0v) is 17.9. The number of hydrogen-bond donors (Lipinski definition) is 3. The summed E-state index contributed by atoms with van der Waals surface area (Å²) < 4.78 is 5.46. The van der Waals surface area contributed by atoms with Crippen LogP contribution < -0.4 is 24.8 Å². The molecule has 0 aliphatic carbocycles. The molecule has 2 aromatic carbocycles. The first-order valence-electron chi connectivity index (χ1n) is 10.7. The maximum atomic E-state index is 13.2. The Morgan fingerprint density at radius 2 is 1.97 bits per heavy atom. The van der Waals surface area contributed by atoms with Gasteiger partial charge in [0.2, 0.25) is 0 Å². The molecule has 0 bridgehead atoms. The van der Waals surface area contributed by atoms with Crippen LogP contribution in [0.5, 0.6) is 5.75 Å². The summed E-state index contributed by atoms with van der Waals surface area (Å²) in [5, 5.41) is 14.9. The fraction of sp³-hybridized carbons (Fsp3) is 0.348. The molecule has 4 amide bonds. The van der Waals surface area contributed by atoms with Crippen LogP contribution in [0.1, 0.15) is 12.5 Å². The highest BCUT2D eigenvalue weighted by molar-refractivity contribution is 5.96. The number of anilines is 1. The lowest BCUT2D eigenvalue weighted by molar-refractivity contribution is -0.138. The van der Waals surface area contributed by atoms with Gasteiger partial charge < -0.3 is 15.2 Å². The average molecular weight is 439 g/mol. The third-order valence-electron chi connectivity index (χ3n) is 6.08. The number of nitrogens with zero attached hydrogens (tertiary/aromatic N) is 2. The summed E-state index contributed by atoms with van der Waals surface area (Å²) in [4.78, 5) is 39.7. The number of nitrogens with one attached hydrogen (secondary N) is 2. The average Bonchev–Trinajstić information content (AvgIpc) is 3.40. The van der Waals surface area contributed by atoms with Crippen molar-refractivity contribution in [2.45, 2.75) is 19.4 Å². The van der Waals surface area contributed by atoms with Crippen LogP contribution in [0, 0.1) is 0 Å². The van der Waals surface area contributed by atoms with E-state index in [0.29, 0.717) is 49.7 Å². The quantitative estimate of drug-likeness (QED) is 0.346. The van der Waals surface area contributed by atoms with E-state index in [4.69, 9.17) is 4.74 Å². The molecule has 3 N–H and O–H groups in total. The molecule has 2 aromatic rings. The summed E-state index contributed by atoms with van der Waals surface area (Å²) >= 11 is 0. The lowest BCUT2D eigenvalue weighted by Gasteiger charge is -2.34. The standard InChI is InChI=1S/C23H26N4O5/c1-16(21(29)32-20-7-3-5-18(15-20)26-11-9-24-22(26)30)27(12-10-25-23(27)31)19-6-2-4-17(14-19)8-13-28/h2-7,14-16,28H,8-13H2,1H3,(H-,24,25,30,31)/p+1. The smallest absolute Gasteiger partial charge is 0.422 e. The maximum Gasteiger partial charge on any atom is 0.422 e. The minimum absolute atomic E-state index is 0.00136. The van der Waals surface area contributed by atoms with Gasteiger partial charge in [-0.05, 0) is 37.1 Å². The Bertz CT molecular complexity index is 1040. The van der Waals surface area contributed by atoms with Gasteiger partial charge in [-0.25, -0.2) is 14.4 Å². The summed E-state index contributed by atoms with van der Waals surface area (Å²) in [5.41, 5.74) is 2.20. The van der Waals surface area contributed by atoms with Crippen molar-refractivity contribution < 1.29 is 24.2 Å². The van der Waals surface area contributed by atoms with Crippen molar-refractivity contribution in [3.05, 3.63) is 54.1 Å². The minimum atomic E-state index is -0.805. The van der Waals surface area contributed by atoms with Crippen LogP contribution in [-0.2, 0) is 11.2 Å². The van der Waals surface area contributed by atoms with Crippen LogP contribution >= 0.6 is 0 Å². The maximum absolute atomic E-state index is 13.2. The number of aliphatic hydroxyl groups excluding tert-OH is 1. The highest BCUT2D eigenvalue weighted by atomic mass is 16.5. The Kier molecular flexibility index (Phi) is 6.11. The van der Waals surface area contributed by atoms with Gasteiger partial charge >= 0.3 is 18.0 Å². The van der Waals surface area contributed by atoms with Crippen molar-refractivity contribution in [2.24, 2.45) is 0 Å². The second-order valence-electron chi connectivity index (χ2n) is 7.95. The number of carbonyl (C=O) groups excluding carboxylic acids is 3. The number of urea groups is 2. The molecule has 0 radical (unpaired) electrons. The molecule has 2 fully saturated rings. The van der Waals surface area contributed by atoms with E-state index < -0.39 is 12.0 Å². The van der Waals surface area contributed by atoms with Gasteiger partial charge in [0, 0.05) is 37.5 Å². The van der Waals surface area contributed by atoms with Crippen LogP contribution in [0.4, 0.5) is 21.0 Å². The van der Waals surface area contributed by atoms with Crippen molar-refractivity contribution in [3.8, 4) is 5.75 Å². The van der Waals surface area contributed by atoms with Gasteiger partial charge in [0.25, 0.3) is 0 Å². The number of aliphatic hydroxyl groups is 1. The minimum Gasteiger partial charge on any atom is -0.422 e. The van der Waals surface area contributed by atoms with E-state index in [1.165, 1.54) is 0 Å². The molecule has 0 aromatic heterocycles. The zero-order chi connectivity index (χ0) is 22.7. The number of benzene rings is 2. The lowest BCUT2D eigenvalue weighted by atomic mass is 10.1. The highest BCUT2D eigenvalue weighted by Crippen LogP contribution is 2.32. The molecule has 9 nitrogen and oxygen atoms in total. The van der Waals surface area contributed by atoms with E-state index in [0.717, 1.165) is 5.56 Å². The molecule has 2 heterocycles. The van der Waals surface area contributed by atoms with Crippen LogP contribution in [0.3, 0.4) is 0 Å². The van der Waals surface area contributed by atoms with E-state index in [9.17, 15) is 19.5 Å². The number of amides is 4. The van der Waals surface area contributed by atoms with Crippen LogP contribution in [0.15, 0.2) is 48.5 Å². The summed E-state index contributed by atoms with van der Waals surface area (Å²) in [6.45, 7) is 3.63. The summed E-state index contributed by atoms with van der Waals surface area (Å²) in [7, 11) is 0. The monoisotopic (exact) mass is 439 g/mol. The Morgan fingerprint density at radius 3 is 2.66 bits per heavy atom. The van der Waals surface area contributed by atoms with Gasteiger partial charge in [0.15, 0.2) is 6.04 Å². The number of hydrogen-bond acceptors (Lipinski definition) is 5. The van der Waals surface area contributed by atoms with E-state index >= 15 is 0 Å². The number of rotatable bonds is 7. The summed E-state index contributed by atoms with van der Waals surface area (Å²) in [6.07, 6.45) is 0.463. The molecule has 2 aliphatic heterocycles. The van der Waals surface area contributed by atoms with Gasteiger partial charge in [-0.3, -0.25) is 10.2 Å². The normalized spacial score (nSPS) is 21.2. The fourth-order valence-electron chi connectivity index (χ4n) is 4.32. The first-order valence-corrected chi connectivity index (χ1v) is 10.7. The van der Waals surface area contributed by atoms with Crippen molar-refractivity contribution in [3.63, 3.8) is 0 Å². The first-order chi connectivity index (χ1) is 15.5. The molecular formula is C23H27N4O5+. The Morgan fingerprint density at radius 1 is 1.16 bits per heavy atom. The fourth-order valence-corrected chi connectivity index (χ4v) is 4.32.